The van der Waals surface area contributed by atoms with Crippen LogP contribution in [0, 0.1) is 0 Å². The highest BCUT2D eigenvalue weighted by molar-refractivity contribution is 7.99. The van der Waals surface area contributed by atoms with Gasteiger partial charge in [0.1, 0.15) is 19.0 Å². The topological polar surface area (TPSA) is 78.7 Å². The van der Waals surface area contributed by atoms with Gasteiger partial charge in [-0.25, -0.2) is 0 Å². The highest BCUT2D eigenvalue weighted by Crippen LogP contribution is 2.32. The number of carbonyl (C=O) groups is 1. The monoisotopic (exact) mass is 454 g/mol. The molecule has 168 valence electrons. The molecule has 0 atom stereocenters. The maximum absolute atomic E-state index is 12.9. The number of carbonyl (C=O) groups excluding carboxylic acids is 1. The molecule has 1 amide bonds. The summed E-state index contributed by atoms with van der Waals surface area (Å²) in [7, 11) is 3.52. The second-order valence-corrected chi connectivity index (χ2v) is 8.18. The van der Waals surface area contributed by atoms with E-state index in [2.05, 4.69) is 10.2 Å². The van der Waals surface area contributed by atoms with Gasteiger partial charge in [0.25, 0.3) is 0 Å². The Morgan fingerprint density at radius 1 is 1.16 bits per heavy atom. The first-order valence-electron chi connectivity index (χ1n) is 10.4. The molecular formula is C23H26N4O4S. The third kappa shape index (κ3) is 4.67. The van der Waals surface area contributed by atoms with Crippen LogP contribution in [-0.2, 0) is 18.4 Å². The van der Waals surface area contributed by atoms with Crippen molar-refractivity contribution < 1.29 is 19.0 Å². The molecule has 8 nitrogen and oxygen atoms in total. The smallest absolute Gasteiger partial charge is 0.233 e. The molecule has 1 aliphatic rings. The van der Waals surface area contributed by atoms with E-state index in [1.54, 1.807) is 7.11 Å². The molecule has 32 heavy (non-hydrogen) atoms. The molecule has 0 aliphatic carbocycles. The average molecular weight is 455 g/mol. The standard InChI is InChI=1S/C23H26N4O4S/c1-4-27(14-16-9-10-19-20(13-16)31-12-11-30-19)21(28)15-32-23-25-24-22(26(23)2)17-7-5-6-8-18(17)29-3/h5-10,13H,4,11-12,14-15H2,1-3H3. The van der Waals surface area contributed by atoms with Crippen LogP contribution < -0.4 is 14.2 Å². The molecule has 3 aromatic rings. The van der Waals surface area contributed by atoms with E-state index < -0.39 is 0 Å². The van der Waals surface area contributed by atoms with Crippen LogP contribution in [0.4, 0.5) is 0 Å². The minimum absolute atomic E-state index is 0.0363. The van der Waals surface area contributed by atoms with Crippen molar-refractivity contribution in [2.24, 2.45) is 7.05 Å². The minimum atomic E-state index is 0.0363. The number of hydrogen-bond donors (Lipinski definition) is 0. The van der Waals surface area contributed by atoms with Crippen molar-refractivity contribution in [1.29, 1.82) is 0 Å². The van der Waals surface area contributed by atoms with Gasteiger partial charge in [0.2, 0.25) is 5.91 Å². The molecule has 0 saturated carbocycles. The van der Waals surface area contributed by atoms with E-state index in [1.807, 2.05) is 65.9 Å². The molecule has 4 rings (SSSR count). The molecule has 9 heteroatoms. The summed E-state index contributed by atoms with van der Waals surface area (Å²) in [5.41, 5.74) is 1.86. The predicted molar refractivity (Wildman–Crippen MR) is 122 cm³/mol. The summed E-state index contributed by atoms with van der Waals surface area (Å²) in [6.07, 6.45) is 0. The molecule has 0 spiro atoms. The maximum Gasteiger partial charge on any atom is 0.233 e. The number of benzene rings is 2. The largest absolute Gasteiger partial charge is 0.496 e. The molecule has 2 aromatic carbocycles. The molecule has 0 radical (unpaired) electrons. The van der Waals surface area contributed by atoms with Crippen molar-refractivity contribution in [3.8, 4) is 28.6 Å². The number of fused-ring (bicyclic) bond motifs is 1. The van der Waals surface area contributed by atoms with Crippen molar-refractivity contribution in [3.63, 3.8) is 0 Å². The number of thioether (sulfide) groups is 1. The summed E-state index contributed by atoms with van der Waals surface area (Å²) >= 11 is 1.37. The molecule has 0 unspecified atom stereocenters. The second-order valence-electron chi connectivity index (χ2n) is 7.24. The lowest BCUT2D eigenvalue weighted by Gasteiger charge is -2.23. The van der Waals surface area contributed by atoms with Crippen LogP contribution in [0.2, 0.25) is 0 Å². The SMILES string of the molecule is CCN(Cc1ccc2c(c1)OCCO2)C(=O)CSc1nnc(-c2ccccc2OC)n1C. The number of aromatic nitrogens is 3. The fourth-order valence-electron chi connectivity index (χ4n) is 3.50. The van der Waals surface area contributed by atoms with E-state index in [-0.39, 0.29) is 11.7 Å². The first-order chi connectivity index (χ1) is 15.6. The normalized spacial score (nSPS) is 12.5. The zero-order valence-corrected chi connectivity index (χ0v) is 19.2. The summed E-state index contributed by atoms with van der Waals surface area (Å²) in [5.74, 6) is 3.21. The minimum Gasteiger partial charge on any atom is -0.496 e. The number of ether oxygens (including phenoxy) is 3. The molecule has 0 N–H and O–H groups in total. The van der Waals surface area contributed by atoms with Crippen molar-refractivity contribution in [1.82, 2.24) is 19.7 Å². The Kier molecular flexibility index (Phi) is 6.84. The summed E-state index contributed by atoms with van der Waals surface area (Å²) in [6, 6.07) is 13.5. The highest BCUT2D eigenvalue weighted by atomic mass is 32.2. The van der Waals surface area contributed by atoms with Gasteiger partial charge in [0, 0.05) is 20.1 Å². The Labute approximate surface area is 191 Å². The fourth-order valence-corrected chi connectivity index (χ4v) is 4.32. The van der Waals surface area contributed by atoms with Gasteiger partial charge in [0.05, 0.1) is 18.4 Å². The zero-order valence-electron chi connectivity index (χ0n) is 18.4. The Morgan fingerprint density at radius 2 is 1.94 bits per heavy atom. The molecule has 0 saturated heterocycles. The number of amides is 1. The third-order valence-corrected chi connectivity index (χ3v) is 6.23. The lowest BCUT2D eigenvalue weighted by atomic mass is 10.2. The van der Waals surface area contributed by atoms with Gasteiger partial charge >= 0.3 is 0 Å². The molecular weight excluding hydrogens is 428 g/mol. The van der Waals surface area contributed by atoms with Crippen LogP contribution in [0.1, 0.15) is 12.5 Å². The van der Waals surface area contributed by atoms with E-state index in [0.717, 1.165) is 28.4 Å². The number of methoxy groups -OCH3 is 1. The van der Waals surface area contributed by atoms with Crippen molar-refractivity contribution in [3.05, 3.63) is 48.0 Å². The van der Waals surface area contributed by atoms with Gasteiger partial charge in [0.15, 0.2) is 22.5 Å². The Balaban J connectivity index is 1.41. The van der Waals surface area contributed by atoms with Gasteiger partial charge < -0.3 is 23.7 Å². The highest BCUT2D eigenvalue weighted by Gasteiger charge is 2.19. The summed E-state index contributed by atoms with van der Waals surface area (Å²) in [5, 5.41) is 9.26. The lowest BCUT2D eigenvalue weighted by molar-refractivity contribution is -0.128. The van der Waals surface area contributed by atoms with E-state index in [9.17, 15) is 4.79 Å². The van der Waals surface area contributed by atoms with Crippen LogP contribution >= 0.6 is 11.8 Å². The third-order valence-electron chi connectivity index (χ3n) is 5.22. The molecule has 0 fully saturated rings. The van der Waals surface area contributed by atoms with Gasteiger partial charge in [-0.1, -0.05) is 30.0 Å². The fraction of sp³-hybridized carbons (Fsp3) is 0.348. The number of rotatable bonds is 8. The van der Waals surface area contributed by atoms with Crippen LogP contribution in [0.5, 0.6) is 17.2 Å². The Hall–Kier alpha value is -3.20. The second kappa shape index (κ2) is 9.95. The van der Waals surface area contributed by atoms with E-state index in [0.29, 0.717) is 37.3 Å². The van der Waals surface area contributed by atoms with E-state index in [1.165, 1.54) is 11.8 Å². The molecule has 1 aliphatic heterocycles. The first kappa shape index (κ1) is 22.0. The summed E-state index contributed by atoms with van der Waals surface area (Å²) in [6.45, 7) is 4.20. The van der Waals surface area contributed by atoms with Gasteiger partial charge in [-0.2, -0.15) is 0 Å². The van der Waals surface area contributed by atoms with Crippen LogP contribution in [-0.4, -0.2) is 58.2 Å². The molecule has 2 heterocycles. The Morgan fingerprint density at radius 3 is 2.72 bits per heavy atom. The number of para-hydroxylation sites is 1. The quantitative estimate of drug-likeness (QED) is 0.483. The van der Waals surface area contributed by atoms with Gasteiger partial charge in [-0.05, 0) is 36.8 Å². The van der Waals surface area contributed by atoms with Crippen LogP contribution in [0.15, 0.2) is 47.6 Å². The van der Waals surface area contributed by atoms with Crippen LogP contribution in [0.25, 0.3) is 11.4 Å². The van der Waals surface area contributed by atoms with Crippen molar-refractivity contribution >= 4 is 17.7 Å². The number of nitrogens with zero attached hydrogens (tertiary/aromatic N) is 4. The maximum atomic E-state index is 12.9. The van der Waals surface area contributed by atoms with Crippen LogP contribution in [0.3, 0.4) is 0 Å². The van der Waals surface area contributed by atoms with Gasteiger partial charge in [-0.3, -0.25) is 4.79 Å². The number of hydrogen-bond acceptors (Lipinski definition) is 7. The zero-order chi connectivity index (χ0) is 22.5. The Bertz CT molecular complexity index is 1100. The summed E-state index contributed by atoms with van der Waals surface area (Å²) in [4.78, 5) is 14.7. The predicted octanol–water partition coefficient (Wildman–Crippen LogP) is 3.40. The van der Waals surface area contributed by atoms with E-state index in [4.69, 9.17) is 14.2 Å². The lowest BCUT2D eigenvalue weighted by Crippen LogP contribution is -2.31. The van der Waals surface area contributed by atoms with Crippen molar-refractivity contribution in [2.75, 3.05) is 32.6 Å². The van der Waals surface area contributed by atoms with Gasteiger partial charge in [-0.15, -0.1) is 10.2 Å². The first-order valence-corrected chi connectivity index (χ1v) is 11.4. The molecule has 1 aromatic heterocycles. The summed E-state index contributed by atoms with van der Waals surface area (Å²) < 4.78 is 18.5. The molecule has 0 bridgehead atoms. The van der Waals surface area contributed by atoms with E-state index >= 15 is 0 Å². The average Bonchev–Trinajstić information content (AvgIpc) is 3.20. The van der Waals surface area contributed by atoms with Crippen molar-refractivity contribution in [2.45, 2.75) is 18.6 Å².